The lowest BCUT2D eigenvalue weighted by molar-refractivity contribution is -0.122. The third kappa shape index (κ3) is 25.5. The number of rotatable bonds is 25. The average Bonchev–Trinajstić information content (AvgIpc) is 2.80. The lowest BCUT2D eigenvalue weighted by Crippen LogP contribution is -2.40. The average molecular weight is 477 g/mol. The first-order chi connectivity index (χ1) is 16.6. The highest BCUT2D eigenvalue weighted by Crippen LogP contribution is 2.15. The van der Waals surface area contributed by atoms with Crippen LogP contribution in [0.2, 0.25) is 0 Å². The summed E-state index contributed by atoms with van der Waals surface area (Å²) in [6, 6.07) is 0.367. The first-order valence-electron chi connectivity index (χ1n) is 14.8. The summed E-state index contributed by atoms with van der Waals surface area (Å²) in [6.07, 6.45) is 35.0. The first-order valence-corrected chi connectivity index (χ1v) is 14.8. The number of nitrogens with one attached hydrogen (secondary N) is 1. The summed E-state index contributed by atoms with van der Waals surface area (Å²) in [5.74, 6) is 0.184. The normalized spacial score (nSPS) is 12.9. The van der Waals surface area contributed by atoms with Gasteiger partial charge in [-0.3, -0.25) is 4.79 Å². The molecule has 0 aliphatic heterocycles. The van der Waals surface area contributed by atoms with Crippen molar-refractivity contribution in [2.24, 2.45) is 0 Å². The fourth-order valence-corrected chi connectivity index (χ4v) is 4.41. The third-order valence-corrected chi connectivity index (χ3v) is 6.47. The number of carbonyl (C=O) groups excluding carboxylic acids is 1. The molecule has 34 heavy (non-hydrogen) atoms. The Morgan fingerprint density at radius 1 is 0.647 bits per heavy atom. The van der Waals surface area contributed by atoms with E-state index in [-0.39, 0.29) is 5.91 Å². The number of allylic oxidation sites excluding steroid dienone is 4. The van der Waals surface area contributed by atoms with Crippen molar-refractivity contribution in [1.29, 1.82) is 0 Å². The summed E-state index contributed by atoms with van der Waals surface area (Å²) in [5, 5.41) is 3.32. The van der Waals surface area contributed by atoms with Gasteiger partial charge in [-0.2, -0.15) is 0 Å². The molecule has 0 rings (SSSR count). The molecule has 0 spiro atoms. The van der Waals surface area contributed by atoms with Crippen molar-refractivity contribution in [3.05, 3.63) is 24.3 Å². The fraction of sp³-hybridized carbons (Fsp3) is 0.839. The summed E-state index contributed by atoms with van der Waals surface area (Å²) in [5.41, 5.74) is 0. The molecule has 0 fully saturated rings. The molecule has 1 unspecified atom stereocenters. The van der Waals surface area contributed by atoms with E-state index in [1.807, 2.05) is 19.0 Å². The number of amides is 1. The molecule has 0 aliphatic carbocycles. The van der Waals surface area contributed by atoms with Crippen LogP contribution in [0.3, 0.4) is 0 Å². The van der Waals surface area contributed by atoms with Gasteiger partial charge in [-0.1, -0.05) is 128 Å². The highest BCUT2D eigenvalue weighted by molar-refractivity contribution is 5.78. The van der Waals surface area contributed by atoms with Crippen LogP contribution in [0, 0.1) is 0 Å². The third-order valence-electron chi connectivity index (χ3n) is 6.47. The lowest BCUT2D eigenvalue weighted by Gasteiger charge is -2.20. The van der Waals surface area contributed by atoms with Gasteiger partial charge in [0.1, 0.15) is 0 Å². The van der Waals surface area contributed by atoms with E-state index in [9.17, 15) is 4.79 Å². The number of carbonyl (C=O) groups is 1. The van der Waals surface area contributed by atoms with Crippen LogP contribution >= 0.6 is 0 Å². The van der Waals surface area contributed by atoms with E-state index in [0.29, 0.717) is 12.6 Å². The maximum absolute atomic E-state index is 12.3. The summed E-state index contributed by atoms with van der Waals surface area (Å²) >= 11 is 0. The highest BCUT2D eigenvalue weighted by atomic mass is 16.2. The fourth-order valence-electron chi connectivity index (χ4n) is 4.41. The second-order valence-electron chi connectivity index (χ2n) is 10.4. The lowest BCUT2D eigenvalue weighted by atomic mass is 9.99. The van der Waals surface area contributed by atoms with E-state index in [2.05, 4.69) is 43.5 Å². The maximum atomic E-state index is 12.3. The molecule has 1 N–H and O–H groups in total. The number of nitrogens with zero attached hydrogens (tertiary/aromatic N) is 1. The predicted molar refractivity (Wildman–Crippen MR) is 152 cm³/mol. The maximum Gasteiger partial charge on any atom is 0.234 e. The van der Waals surface area contributed by atoms with E-state index in [1.54, 1.807) is 0 Å². The molecule has 0 aromatic rings. The molecule has 0 aromatic carbocycles. The van der Waals surface area contributed by atoms with Crippen molar-refractivity contribution in [1.82, 2.24) is 10.2 Å². The van der Waals surface area contributed by atoms with Gasteiger partial charge < -0.3 is 10.2 Å². The number of likely N-dealkylation sites (N-methyl/N-ethyl adjacent to an activating group) is 1. The zero-order valence-corrected chi connectivity index (χ0v) is 23.6. The largest absolute Gasteiger partial charge is 0.352 e. The van der Waals surface area contributed by atoms with Gasteiger partial charge in [0.2, 0.25) is 5.91 Å². The molecular weight excluding hydrogens is 416 g/mol. The van der Waals surface area contributed by atoms with Crippen molar-refractivity contribution < 1.29 is 4.79 Å². The van der Waals surface area contributed by atoms with Crippen molar-refractivity contribution in [2.75, 3.05) is 20.6 Å². The predicted octanol–water partition coefficient (Wildman–Crippen LogP) is 8.99. The Morgan fingerprint density at radius 3 is 1.68 bits per heavy atom. The molecule has 0 saturated carbocycles. The Morgan fingerprint density at radius 2 is 1.15 bits per heavy atom. The molecule has 3 heteroatoms. The van der Waals surface area contributed by atoms with Gasteiger partial charge in [0, 0.05) is 6.04 Å². The molecule has 1 amide bonds. The van der Waals surface area contributed by atoms with Gasteiger partial charge in [-0.05, 0) is 52.6 Å². The summed E-state index contributed by atoms with van der Waals surface area (Å²) < 4.78 is 0. The van der Waals surface area contributed by atoms with Gasteiger partial charge in [-0.15, -0.1) is 0 Å². The Bertz CT molecular complexity index is 484. The molecule has 200 valence electrons. The molecule has 0 saturated heterocycles. The molecule has 0 bridgehead atoms. The Hall–Kier alpha value is -1.09. The van der Waals surface area contributed by atoms with Crippen LogP contribution in [0.4, 0.5) is 0 Å². The van der Waals surface area contributed by atoms with Crippen LogP contribution in [-0.2, 0) is 4.79 Å². The molecule has 0 heterocycles. The highest BCUT2D eigenvalue weighted by Gasteiger charge is 2.12. The van der Waals surface area contributed by atoms with Crippen molar-refractivity contribution >= 4 is 5.91 Å². The van der Waals surface area contributed by atoms with Gasteiger partial charge in [0.15, 0.2) is 0 Å². The Labute approximate surface area is 214 Å². The minimum Gasteiger partial charge on any atom is -0.352 e. The number of hydrogen-bond acceptors (Lipinski definition) is 2. The minimum atomic E-state index is 0.184. The number of hydrogen-bond donors (Lipinski definition) is 1. The topological polar surface area (TPSA) is 32.3 Å². The second-order valence-corrected chi connectivity index (χ2v) is 10.4. The van der Waals surface area contributed by atoms with Crippen molar-refractivity contribution in [2.45, 2.75) is 148 Å². The van der Waals surface area contributed by atoms with E-state index in [1.165, 1.54) is 109 Å². The van der Waals surface area contributed by atoms with E-state index in [4.69, 9.17) is 0 Å². The summed E-state index contributed by atoms with van der Waals surface area (Å²) in [7, 11) is 3.93. The minimum absolute atomic E-state index is 0.184. The van der Waals surface area contributed by atoms with Gasteiger partial charge in [0.05, 0.1) is 6.54 Å². The monoisotopic (exact) mass is 476 g/mol. The number of unbranched alkanes of at least 4 members (excludes halogenated alkanes) is 14. The Kier molecular flexibility index (Phi) is 25.7. The molecule has 0 aromatic heterocycles. The van der Waals surface area contributed by atoms with Gasteiger partial charge >= 0.3 is 0 Å². The van der Waals surface area contributed by atoms with Gasteiger partial charge in [-0.25, -0.2) is 0 Å². The molecular formula is C31H60N2O. The van der Waals surface area contributed by atoms with Crippen LogP contribution in [0.25, 0.3) is 0 Å². The molecule has 0 radical (unpaired) electrons. The first kappa shape index (κ1) is 32.9. The smallest absolute Gasteiger partial charge is 0.234 e. The summed E-state index contributed by atoms with van der Waals surface area (Å²) in [6.45, 7) is 4.99. The molecule has 0 aliphatic rings. The van der Waals surface area contributed by atoms with Crippen molar-refractivity contribution in [3.63, 3.8) is 0 Å². The van der Waals surface area contributed by atoms with E-state index in [0.717, 1.165) is 19.3 Å². The van der Waals surface area contributed by atoms with Crippen LogP contribution in [0.1, 0.15) is 142 Å². The van der Waals surface area contributed by atoms with Crippen LogP contribution in [-0.4, -0.2) is 37.5 Å². The van der Waals surface area contributed by atoms with Crippen LogP contribution in [0.5, 0.6) is 0 Å². The van der Waals surface area contributed by atoms with Gasteiger partial charge in [0.25, 0.3) is 0 Å². The SMILES string of the molecule is CCC/C=C\C/C=C\CCCCCCCCCC(CCCCCCCCC)NC(=O)CN(C)C. The molecule has 3 nitrogen and oxygen atoms in total. The van der Waals surface area contributed by atoms with E-state index >= 15 is 0 Å². The van der Waals surface area contributed by atoms with Crippen LogP contribution in [0.15, 0.2) is 24.3 Å². The Balaban J connectivity index is 3.84. The zero-order valence-electron chi connectivity index (χ0n) is 23.6. The van der Waals surface area contributed by atoms with E-state index < -0.39 is 0 Å². The zero-order chi connectivity index (χ0) is 25.1. The summed E-state index contributed by atoms with van der Waals surface area (Å²) in [4.78, 5) is 14.2. The second kappa shape index (κ2) is 26.5. The standard InChI is InChI=1S/C31H60N2O/c1-5-7-9-11-13-14-15-16-17-18-19-20-22-24-26-28-30(32-31(34)29-33(3)4)27-25-23-21-12-10-8-6-2/h9,11,14-15,30H,5-8,10,12-13,16-29H2,1-4H3,(H,32,34)/b11-9-,15-14-. The van der Waals surface area contributed by atoms with Crippen molar-refractivity contribution in [3.8, 4) is 0 Å². The quantitative estimate of drug-likeness (QED) is 0.105. The van der Waals surface area contributed by atoms with Crippen LogP contribution < -0.4 is 5.32 Å². The molecule has 1 atom stereocenters.